The van der Waals surface area contributed by atoms with Crippen LogP contribution in [0.2, 0.25) is 0 Å². The second-order valence-electron chi connectivity index (χ2n) is 10.3. The van der Waals surface area contributed by atoms with Gasteiger partial charge in [0.15, 0.2) is 0 Å². The van der Waals surface area contributed by atoms with Gasteiger partial charge in [-0.2, -0.15) is 0 Å². The predicted octanol–water partition coefficient (Wildman–Crippen LogP) is -0.267. The molecule has 1 aromatic carbocycles. The van der Waals surface area contributed by atoms with E-state index in [1.807, 2.05) is 44.2 Å². The standard InChI is InChI=1S/C26H32BN5O8/c1-16(2)11-20(27-38-22(34)14-26(40-27,25(37)39-27)13-21(33)28-3)32-23(35)18(12-17-7-5-4-6-8-17)31-24(36)19-15-29-9-10-30-19/h4-10,15-16,18,20,39H,11-14H2,1-3H3,(H,28,33)(H,31,36)(H,32,35)/t18-,20-,26+,27?/m0/s1. The predicted molar refractivity (Wildman–Crippen MR) is 141 cm³/mol. The van der Waals surface area contributed by atoms with Crippen molar-refractivity contribution in [1.82, 2.24) is 25.9 Å². The number of amides is 3. The van der Waals surface area contributed by atoms with Crippen LogP contribution in [0.1, 0.15) is 49.2 Å². The number of rotatable bonds is 11. The Balaban J connectivity index is 1.62. The summed E-state index contributed by atoms with van der Waals surface area (Å²) in [5.41, 5.74) is -1.01. The van der Waals surface area contributed by atoms with Gasteiger partial charge in [0.25, 0.3) is 11.9 Å². The molecule has 4 rings (SSSR count). The molecule has 2 saturated heterocycles. The van der Waals surface area contributed by atoms with E-state index < -0.39 is 66.8 Å². The fraction of sp³-hybridized carbons (Fsp3) is 0.423. The van der Waals surface area contributed by atoms with E-state index in [9.17, 15) is 24.0 Å². The molecule has 4 N–H and O–H groups in total. The summed E-state index contributed by atoms with van der Waals surface area (Å²) in [6.07, 6.45) is 3.52. The van der Waals surface area contributed by atoms with E-state index in [2.05, 4.69) is 30.6 Å². The van der Waals surface area contributed by atoms with Gasteiger partial charge in [-0.25, -0.2) is 4.98 Å². The number of hydrogen-bond donors (Lipinski definition) is 3. The van der Waals surface area contributed by atoms with Crippen molar-refractivity contribution in [2.75, 3.05) is 7.05 Å². The van der Waals surface area contributed by atoms with Gasteiger partial charge in [-0.1, -0.05) is 50.6 Å². The number of nitrogens with one attached hydrogen (secondary N) is 3. The first kappa shape index (κ1) is 28.7. The Morgan fingerprint density at radius 1 is 1.12 bits per heavy atom. The molecular weight excluding hydrogens is 521 g/mol. The van der Waals surface area contributed by atoms with E-state index in [1.54, 1.807) is 0 Å². The molecule has 212 valence electrons. The Bertz CT molecular complexity index is 1280. The minimum absolute atomic E-state index is 0.0230. The van der Waals surface area contributed by atoms with Crippen molar-refractivity contribution < 1.29 is 37.9 Å². The second kappa shape index (κ2) is 11.8. The largest absolute Gasteiger partial charge is 0.715 e. The molecule has 1 aromatic heterocycles. The van der Waals surface area contributed by atoms with Crippen LogP contribution in [0, 0.1) is 5.92 Å². The SMILES string of the molecule is CNC(=O)C[C@]12CC(=O)O[B-]([C@H](CC(C)C)NC(=O)[C@H](Cc3ccccc3)NC(=O)c3cnccn3)(O1)[OH+]C2=O. The molecular formula is C26H32BN5O8. The average molecular weight is 553 g/mol. The molecule has 1 unspecified atom stereocenters. The number of hydrogen-bond acceptors (Lipinski definition) is 9. The number of aromatic nitrogens is 2. The number of aliphatic carboxylic acids is 1. The maximum absolute atomic E-state index is 13.7. The van der Waals surface area contributed by atoms with Crippen molar-refractivity contribution in [1.29, 1.82) is 0 Å². The van der Waals surface area contributed by atoms with E-state index in [-0.39, 0.29) is 24.5 Å². The van der Waals surface area contributed by atoms with E-state index in [1.165, 1.54) is 25.6 Å². The van der Waals surface area contributed by atoms with Crippen molar-refractivity contribution in [2.24, 2.45) is 5.92 Å². The van der Waals surface area contributed by atoms with E-state index in [0.717, 1.165) is 5.56 Å². The summed E-state index contributed by atoms with van der Waals surface area (Å²) in [4.78, 5) is 72.5. The number of carbonyl (C=O) groups is 5. The molecule has 2 aliphatic rings. The van der Waals surface area contributed by atoms with Crippen molar-refractivity contribution in [2.45, 2.75) is 57.1 Å². The summed E-state index contributed by atoms with van der Waals surface area (Å²) in [5, 5.41) is 7.95. The van der Waals surface area contributed by atoms with Gasteiger partial charge in [0.2, 0.25) is 17.4 Å². The van der Waals surface area contributed by atoms with Crippen molar-refractivity contribution >= 4 is 36.4 Å². The highest BCUT2D eigenvalue weighted by molar-refractivity contribution is 6.67. The van der Waals surface area contributed by atoms with Crippen LogP contribution in [0.3, 0.4) is 0 Å². The van der Waals surface area contributed by atoms with Crippen LogP contribution in [0.5, 0.6) is 0 Å². The molecule has 0 radical (unpaired) electrons. The lowest BCUT2D eigenvalue weighted by atomic mass is 9.64. The summed E-state index contributed by atoms with van der Waals surface area (Å²) in [7, 11) is 1.40. The van der Waals surface area contributed by atoms with Crippen LogP contribution in [0.15, 0.2) is 48.9 Å². The zero-order chi connectivity index (χ0) is 28.9. The van der Waals surface area contributed by atoms with E-state index in [0.29, 0.717) is 0 Å². The van der Waals surface area contributed by atoms with Crippen molar-refractivity contribution in [3.05, 3.63) is 60.2 Å². The Hall–Kier alpha value is -4.33. The first-order valence-electron chi connectivity index (χ1n) is 13.0. The van der Waals surface area contributed by atoms with Gasteiger partial charge in [0, 0.05) is 36.6 Å². The molecule has 2 aromatic rings. The molecule has 0 aliphatic carbocycles. The maximum atomic E-state index is 13.7. The Morgan fingerprint density at radius 3 is 2.52 bits per heavy atom. The van der Waals surface area contributed by atoms with Crippen LogP contribution < -0.4 is 16.0 Å². The van der Waals surface area contributed by atoms with E-state index >= 15 is 0 Å². The number of carbonyl (C=O) groups excluding carboxylic acids is 4. The molecule has 4 atom stereocenters. The van der Waals surface area contributed by atoms with Crippen LogP contribution in [0.4, 0.5) is 0 Å². The monoisotopic (exact) mass is 553 g/mol. The highest BCUT2D eigenvalue weighted by Crippen LogP contribution is 2.41. The smallest absolute Gasteiger partial charge is 0.594 e. The highest BCUT2D eigenvalue weighted by Gasteiger charge is 2.70. The van der Waals surface area contributed by atoms with Crippen LogP contribution in [0.25, 0.3) is 0 Å². The van der Waals surface area contributed by atoms with Gasteiger partial charge in [0.05, 0.1) is 19.0 Å². The van der Waals surface area contributed by atoms with Crippen molar-refractivity contribution in [3.63, 3.8) is 0 Å². The second-order valence-corrected chi connectivity index (χ2v) is 10.3. The van der Waals surface area contributed by atoms with Gasteiger partial charge in [0.1, 0.15) is 11.7 Å². The first-order chi connectivity index (χ1) is 19.1. The zero-order valence-corrected chi connectivity index (χ0v) is 22.5. The van der Waals surface area contributed by atoms with Gasteiger partial charge in [-0.15, -0.1) is 0 Å². The third-order valence-electron chi connectivity index (χ3n) is 6.80. The molecule has 14 heteroatoms. The Labute approximate surface area is 230 Å². The summed E-state index contributed by atoms with van der Waals surface area (Å²) in [6.45, 7) is 0.731. The lowest BCUT2D eigenvalue weighted by Gasteiger charge is -2.43. The molecule has 2 bridgehead atoms. The van der Waals surface area contributed by atoms with Crippen LogP contribution in [-0.4, -0.2) is 75.7 Å². The lowest BCUT2D eigenvalue weighted by Crippen LogP contribution is -2.67. The Morgan fingerprint density at radius 2 is 1.88 bits per heavy atom. The molecule has 2 aliphatic heterocycles. The third-order valence-corrected chi connectivity index (χ3v) is 6.80. The van der Waals surface area contributed by atoms with E-state index in [4.69, 9.17) is 9.31 Å². The van der Waals surface area contributed by atoms with Gasteiger partial charge >= 0.3 is 12.7 Å². The van der Waals surface area contributed by atoms with Gasteiger partial charge in [-0.05, 0) is 11.5 Å². The normalized spacial score (nSPS) is 23.0. The average Bonchev–Trinajstić information content (AvgIpc) is 3.13. The Kier molecular flexibility index (Phi) is 8.47. The number of benzene rings is 1. The lowest BCUT2D eigenvalue weighted by molar-refractivity contribution is -0.158. The third kappa shape index (κ3) is 6.28. The summed E-state index contributed by atoms with van der Waals surface area (Å²) in [5.74, 6) is -4.38. The molecule has 3 amide bonds. The summed E-state index contributed by atoms with van der Waals surface area (Å²) >= 11 is 0. The number of nitrogens with zero attached hydrogens (tertiary/aromatic N) is 2. The fourth-order valence-electron chi connectivity index (χ4n) is 4.93. The molecule has 0 saturated carbocycles. The number of fused-ring (bicyclic) bond motifs is 2. The highest BCUT2D eigenvalue weighted by atomic mass is 16.8. The molecule has 13 nitrogen and oxygen atoms in total. The summed E-state index contributed by atoms with van der Waals surface area (Å²) in [6, 6.07) is 7.99. The molecule has 2 fully saturated rings. The summed E-state index contributed by atoms with van der Waals surface area (Å²) < 4.78 is 15.7. The van der Waals surface area contributed by atoms with Gasteiger partial charge < -0.3 is 29.9 Å². The first-order valence-corrected chi connectivity index (χ1v) is 13.0. The van der Waals surface area contributed by atoms with Crippen LogP contribution in [-0.2, 0) is 34.9 Å². The van der Waals surface area contributed by atoms with Gasteiger partial charge in [-0.3, -0.25) is 24.2 Å². The molecule has 0 spiro atoms. The zero-order valence-electron chi connectivity index (χ0n) is 22.5. The molecule has 3 heterocycles. The minimum atomic E-state index is -3.02. The molecule has 40 heavy (non-hydrogen) atoms. The number of carboxylic acids is 1. The van der Waals surface area contributed by atoms with Crippen molar-refractivity contribution in [3.8, 4) is 0 Å². The minimum Gasteiger partial charge on any atom is -0.715 e. The van der Waals surface area contributed by atoms with Crippen LogP contribution >= 0.6 is 0 Å². The maximum Gasteiger partial charge on any atom is 0.594 e. The topological polar surface area (TPSA) is 178 Å². The fourth-order valence-corrected chi connectivity index (χ4v) is 4.93. The quantitative estimate of drug-likeness (QED) is 0.250.